The van der Waals surface area contributed by atoms with Gasteiger partial charge in [0, 0.05) is 53.7 Å². The van der Waals surface area contributed by atoms with E-state index in [0.717, 1.165) is 12.0 Å². The molecule has 0 saturated heterocycles. The van der Waals surface area contributed by atoms with Crippen LogP contribution in [-0.2, 0) is 43.2 Å². The quantitative estimate of drug-likeness (QED) is 0.00649. The predicted octanol–water partition coefficient (Wildman–Crippen LogP) is -3.57. The number of rotatable bonds is 20. The first-order chi connectivity index (χ1) is 29.4. The number of aromatic hydroxyl groups is 1. The number of sulfone groups is 1. The monoisotopic (exact) mass is 1250 g/mol. The smallest absolute Gasteiger partial charge is 1.00 e. The number of phenolic OH excluding ortho intramolecular Hbond substituents is 1. The second kappa shape index (κ2) is 31.3. The molecule has 3 N–H and O–H groups in total. The van der Waals surface area contributed by atoms with Crippen LogP contribution in [0.25, 0.3) is 10.8 Å². The molecule has 1 aromatic heterocycles. The second-order valence-electron chi connectivity index (χ2n) is 11.3. The topological polar surface area (TPSA) is 312 Å². The van der Waals surface area contributed by atoms with Gasteiger partial charge in [-0.1, -0.05) is 0 Å². The summed E-state index contributed by atoms with van der Waals surface area (Å²) in [7, 11) is -7.34. The molecule has 0 aliphatic carbocycles. The van der Waals surface area contributed by atoms with Gasteiger partial charge in [-0.2, -0.15) is 28.7 Å². The summed E-state index contributed by atoms with van der Waals surface area (Å²) in [6.07, 6.45) is 0. The van der Waals surface area contributed by atoms with Gasteiger partial charge in [0.2, 0.25) is 27.6 Å². The van der Waals surface area contributed by atoms with E-state index in [2.05, 4.69) is 84.2 Å². The molecule has 1 heterocycles. The van der Waals surface area contributed by atoms with Crippen LogP contribution in [0.3, 0.4) is 0 Å². The first-order valence-corrected chi connectivity index (χ1v) is 31.7. The molecule has 330 valence electrons. The van der Waals surface area contributed by atoms with Gasteiger partial charge in [-0.3, -0.25) is 19.1 Å². The Bertz CT molecular complexity index is 2580. The van der Waals surface area contributed by atoms with E-state index in [1.54, 1.807) is 36.2 Å². The van der Waals surface area contributed by atoms with Crippen LogP contribution in [0.15, 0.2) is 92.8 Å². The van der Waals surface area contributed by atoms with Gasteiger partial charge >= 0.3 is 131 Å². The maximum absolute atomic E-state index is 12.9. The maximum Gasteiger partial charge on any atom is 1.00 e. The van der Waals surface area contributed by atoms with Crippen molar-refractivity contribution in [1.82, 2.24) is 15.0 Å². The average molecular weight is 1260 g/mol. The molecule has 0 bridgehead atoms. The minimum absolute atomic E-state index is 0. The molecular weight excluding hydrogens is 1230 g/mol. The van der Waals surface area contributed by atoms with Gasteiger partial charge in [0.15, 0.2) is 15.6 Å². The fraction of sp³-hybridized carbons (Fsp3) is 0.161. The third-order valence-electron chi connectivity index (χ3n) is 7.43. The molecule has 0 saturated carbocycles. The zero-order chi connectivity index (χ0) is 45.5. The molecule has 0 aliphatic rings. The molecule has 0 aliphatic heterocycles. The number of anilines is 4. The Balaban J connectivity index is 0.00000289. The van der Waals surface area contributed by atoms with E-state index in [1.165, 1.54) is 48.5 Å². The van der Waals surface area contributed by atoms with Crippen molar-refractivity contribution in [2.45, 2.75) is 9.79 Å². The molecule has 0 fully saturated rings. The Kier molecular flexibility index (Phi) is 29.5. The van der Waals surface area contributed by atoms with Crippen molar-refractivity contribution in [2.75, 3.05) is 47.2 Å². The van der Waals surface area contributed by atoms with Crippen LogP contribution in [0.5, 0.6) is 5.75 Å². The number of amides is 1. The van der Waals surface area contributed by atoms with Crippen LogP contribution in [0, 0.1) is 0 Å². The molecule has 1 atom stereocenters. The number of phenols is 1. The number of hydrogen-bond acceptors (Lipinski definition) is 23. The molecule has 1 unspecified atom stereocenters. The molecule has 22 nitrogen and oxygen atoms in total. The van der Waals surface area contributed by atoms with Crippen molar-refractivity contribution >= 4 is 149 Å². The van der Waals surface area contributed by atoms with Crippen molar-refractivity contribution in [3.05, 3.63) is 83.6 Å². The fourth-order valence-corrected chi connectivity index (χ4v) is 7.35. The van der Waals surface area contributed by atoms with Crippen molar-refractivity contribution in [3.8, 4) is 5.75 Å². The van der Waals surface area contributed by atoms with Crippen LogP contribution < -0.4 is 115 Å². The normalized spacial score (nSPS) is 11.5. The van der Waals surface area contributed by atoms with Gasteiger partial charge in [0.25, 0.3) is 5.91 Å². The van der Waals surface area contributed by atoms with E-state index in [-0.39, 0.29) is 144 Å². The number of carbonyl (C=O) groups is 1. The Morgan fingerprint density at radius 3 is 2.25 bits per heavy atom. The molecule has 5 aromatic rings. The number of fused-ring (bicyclic) bond motifs is 1. The molecule has 64 heavy (non-hydrogen) atoms. The SMILES string of the molecule is CN(CCSOO[O-])c1nc(Cl)nc(Nc2ccc3c(O)c(N=Nc4ccc(C(=O)Nc5ccc(S(=O)(=O)CCOS(=O)(=O)[O-])cc5)cc4)c(SOO[O-])cc3c2)n1.[2H]I(P)I.[Na+].[Na+].[Na+]. The number of nitrogens with one attached hydrogen (secondary N) is 2. The van der Waals surface area contributed by atoms with Crippen molar-refractivity contribution in [2.24, 2.45) is 10.2 Å². The molecular formula is C31H29ClI2N8Na3O14PS4. The maximum atomic E-state index is 12.9. The van der Waals surface area contributed by atoms with Gasteiger partial charge in [0.05, 0.1) is 39.9 Å². The Morgan fingerprint density at radius 1 is 0.984 bits per heavy atom. The summed E-state index contributed by atoms with van der Waals surface area (Å²) in [5.41, 5.74) is 1.10. The van der Waals surface area contributed by atoms with Gasteiger partial charge in [-0.05, 0) is 89.8 Å². The zero-order valence-corrected chi connectivity index (χ0v) is 49.0. The first-order valence-electron chi connectivity index (χ1n) is 16.6. The minimum atomic E-state index is -5.04. The van der Waals surface area contributed by atoms with Crippen LogP contribution >= 0.6 is 77.7 Å². The van der Waals surface area contributed by atoms with E-state index in [1.807, 2.05) is 0 Å². The summed E-state index contributed by atoms with van der Waals surface area (Å²) < 4.78 is 75.8. The van der Waals surface area contributed by atoms with E-state index in [4.69, 9.17) is 12.2 Å². The van der Waals surface area contributed by atoms with E-state index in [9.17, 15) is 41.8 Å². The third kappa shape index (κ3) is 20.6. The standard InChI is InChI=1S/C31H29ClN8O14S4.H3I2P.3Na/c1-40(12-14-55-53-51-43)31-36-29(32)35-30(37-31)34-22-8-11-24-19(16-22)17-25(56-54-52-44)26(27(24)41)39-38-21-4-2-18(3-5-21)28(42)33-20-6-9-23(10-7-20)57(45,46)15-13-50-58(47,48)49;1-2-3;;;/h2-11,16-17,41,43-44H,12-15H2,1H3,(H,33,42)(H,47,48,49)(H,34,35,36,37);2H,3H2;;;/q;;3*+1/p-3/i;2D;;;. The van der Waals surface area contributed by atoms with Gasteiger partial charge < -0.3 is 35.7 Å². The first kappa shape index (κ1) is 60.2. The summed E-state index contributed by atoms with van der Waals surface area (Å²) >= 11 is 8.39. The van der Waals surface area contributed by atoms with Gasteiger partial charge in [-0.15, -0.1) is 5.11 Å². The zero-order valence-electron chi connectivity index (χ0n) is 34.5. The summed E-state index contributed by atoms with van der Waals surface area (Å²) in [6.45, 7) is 1.98. The minimum Gasteiger partial charge on any atom is 1.00 e. The number of azo groups is 1. The largest absolute Gasteiger partial charge is 1.00 e. The third-order valence-corrected chi connectivity index (χ3v) is 10.9. The van der Waals surface area contributed by atoms with Crippen molar-refractivity contribution < 1.29 is 153 Å². The molecule has 0 spiro atoms. The van der Waals surface area contributed by atoms with Crippen LogP contribution in [-0.4, -0.2) is 79.7 Å². The predicted molar refractivity (Wildman–Crippen MR) is 242 cm³/mol. The molecule has 0 radical (unpaired) electrons. The van der Waals surface area contributed by atoms with Crippen LogP contribution in [0.1, 0.15) is 10.4 Å². The Hall–Kier alpha value is 0.0800. The number of carbonyl (C=O) groups excluding carboxylic acids is 1. The van der Waals surface area contributed by atoms with Gasteiger partial charge in [0.1, 0.15) is 5.69 Å². The molecule has 33 heteroatoms. The van der Waals surface area contributed by atoms with E-state index >= 15 is 0 Å². The number of hydrogen-bond donors (Lipinski definition) is 3. The van der Waals surface area contributed by atoms with E-state index < -0.39 is 55.0 Å². The average Bonchev–Trinajstić information content (AvgIpc) is 3.20. The van der Waals surface area contributed by atoms with Crippen molar-refractivity contribution in [3.63, 3.8) is 0 Å². The number of benzene rings is 4. The number of nitrogens with zero attached hydrogens (tertiary/aromatic N) is 6. The summed E-state index contributed by atoms with van der Waals surface area (Å²) in [5.74, 6) is -0.971. The van der Waals surface area contributed by atoms with E-state index in [0.29, 0.717) is 40.8 Å². The molecule has 4 aromatic carbocycles. The van der Waals surface area contributed by atoms with Gasteiger partial charge in [-0.25, -0.2) is 16.8 Å². The summed E-state index contributed by atoms with van der Waals surface area (Å²) in [4.78, 5) is 27.0. The Labute approximate surface area is 468 Å². The second-order valence-corrected chi connectivity index (χ2v) is 27.4. The Morgan fingerprint density at radius 2 is 1.62 bits per heavy atom. The van der Waals surface area contributed by atoms with Crippen LogP contribution in [0.2, 0.25) is 5.28 Å². The number of halogens is 3. The number of aromatic nitrogens is 3. The van der Waals surface area contributed by atoms with Crippen molar-refractivity contribution in [1.29, 1.82) is 0.594 Å². The molecule has 5 rings (SSSR count). The van der Waals surface area contributed by atoms with Crippen LogP contribution in [0.4, 0.5) is 34.6 Å². The fourth-order valence-electron chi connectivity index (χ4n) is 4.76. The summed E-state index contributed by atoms with van der Waals surface area (Å²) in [6, 6.07) is 17.2. The molecule has 1 amide bonds. The summed E-state index contributed by atoms with van der Waals surface area (Å²) in [5, 5.41) is 53.4.